The summed E-state index contributed by atoms with van der Waals surface area (Å²) in [5.41, 5.74) is 1.58. The molecule has 0 unspecified atom stereocenters. The molecule has 27 heavy (non-hydrogen) atoms. The van der Waals surface area contributed by atoms with Crippen LogP contribution in [-0.4, -0.2) is 14.8 Å². The fourth-order valence-corrected chi connectivity index (χ4v) is 3.70. The van der Waals surface area contributed by atoms with E-state index in [0.717, 1.165) is 11.3 Å². The number of nitrogens with zero attached hydrogens (tertiary/aromatic N) is 3. The number of halogens is 2. The predicted molar refractivity (Wildman–Crippen MR) is 107 cm³/mol. The average Bonchev–Trinajstić information content (AvgIpc) is 3.02. The Morgan fingerprint density at radius 3 is 2.81 bits per heavy atom. The van der Waals surface area contributed by atoms with Crippen LogP contribution in [0.3, 0.4) is 0 Å². The molecule has 0 bridgehead atoms. The summed E-state index contributed by atoms with van der Waals surface area (Å²) in [5, 5.41) is 9.83. The standard InChI is InChI=1S/C20H19ClFN3OS/c1-3-10-25-19(12-26-18-9-8-16(21)11-14(18)2)23-24-20(25)27-13-15-6-4-5-7-17(15)22/h3-9,11H,1,10,12-13H2,2H3. The SMILES string of the molecule is C=CCn1c(COc2ccc(Cl)cc2C)nnc1SCc1ccccc1F. The van der Waals surface area contributed by atoms with Crippen molar-refractivity contribution in [3.63, 3.8) is 0 Å². The molecule has 0 N–H and O–H groups in total. The van der Waals surface area contributed by atoms with E-state index in [1.165, 1.54) is 17.8 Å². The highest BCUT2D eigenvalue weighted by Crippen LogP contribution is 2.25. The second-order valence-corrected chi connectivity index (χ2v) is 7.26. The van der Waals surface area contributed by atoms with E-state index in [0.29, 0.717) is 33.9 Å². The molecule has 0 aliphatic carbocycles. The third kappa shape index (κ3) is 4.90. The van der Waals surface area contributed by atoms with Crippen LogP contribution in [0.4, 0.5) is 4.39 Å². The summed E-state index contributed by atoms with van der Waals surface area (Å²) >= 11 is 7.41. The summed E-state index contributed by atoms with van der Waals surface area (Å²) in [7, 11) is 0. The third-order valence-corrected chi connectivity index (χ3v) is 5.16. The highest BCUT2D eigenvalue weighted by molar-refractivity contribution is 7.98. The fourth-order valence-electron chi connectivity index (χ4n) is 2.52. The van der Waals surface area contributed by atoms with Crippen LogP contribution < -0.4 is 4.74 Å². The summed E-state index contributed by atoms with van der Waals surface area (Å²) in [4.78, 5) is 0. The van der Waals surface area contributed by atoms with Crippen molar-refractivity contribution < 1.29 is 9.13 Å². The van der Waals surface area contributed by atoms with Crippen LogP contribution in [0.25, 0.3) is 0 Å². The molecule has 0 amide bonds. The van der Waals surface area contributed by atoms with Crippen molar-refractivity contribution in [1.82, 2.24) is 14.8 Å². The maximum atomic E-state index is 13.8. The normalized spacial score (nSPS) is 10.8. The molecule has 0 spiro atoms. The lowest BCUT2D eigenvalue weighted by Crippen LogP contribution is -2.08. The first kappa shape index (κ1) is 19.5. The monoisotopic (exact) mass is 403 g/mol. The summed E-state index contributed by atoms with van der Waals surface area (Å²) in [6, 6.07) is 12.2. The number of hydrogen-bond donors (Lipinski definition) is 0. The molecule has 0 aliphatic rings. The first-order valence-electron chi connectivity index (χ1n) is 8.36. The molecular formula is C20H19ClFN3OS. The fraction of sp³-hybridized carbons (Fsp3) is 0.200. The highest BCUT2D eigenvalue weighted by Gasteiger charge is 2.14. The number of ether oxygens (including phenoxy) is 1. The third-order valence-electron chi connectivity index (χ3n) is 3.91. The number of thioether (sulfide) groups is 1. The maximum Gasteiger partial charge on any atom is 0.191 e. The zero-order valence-electron chi connectivity index (χ0n) is 14.9. The zero-order valence-corrected chi connectivity index (χ0v) is 16.4. The second kappa shape index (κ2) is 9.06. The van der Waals surface area contributed by atoms with Gasteiger partial charge in [0.05, 0.1) is 0 Å². The van der Waals surface area contributed by atoms with E-state index in [9.17, 15) is 4.39 Å². The molecule has 3 rings (SSSR count). The van der Waals surface area contributed by atoms with Gasteiger partial charge in [0, 0.05) is 17.3 Å². The number of aromatic nitrogens is 3. The van der Waals surface area contributed by atoms with Crippen molar-refractivity contribution in [3.05, 3.63) is 82.9 Å². The minimum absolute atomic E-state index is 0.221. The molecule has 0 fully saturated rings. The quantitative estimate of drug-likeness (QED) is 0.371. The number of rotatable bonds is 8. The van der Waals surface area contributed by atoms with Crippen LogP contribution >= 0.6 is 23.4 Å². The average molecular weight is 404 g/mol. The number of aryl methyl sites for hydroxylation is 1. The van der Waals surface area contributed by atoms with E-state index in [1.54, 1.807) is 24.3 Å². The Bertz CT molecular complexity index is 945. The number of benzene rings is 2. The van der Waals surface area contributed by atoms with Gasteiger partial charge in [0.25, 0.3) is 0 Å². The van der Waals surface area contributed by atoms with Crippen molar-refractivity contribution in [2.45, 2.75) is 31.0 Å². The van der Waals surface area contributed by atoms with Gasteiger partial charge >= 0.3 is 0 Å². The Kier molecular flexibility index (Phi) is 6.53. The Hall–Kier alpha value is -2.31. The molecule has 140 valence electrons. The van der Waals surface area contributed by atoms with Crippen molar-refractivity contribution in [2.75, 3.05) is 0 Å². The van der Waals surface area contributed by atoms with Crippen LogP contribution in [0.1, 0.15) is 17.0 Å². The predicted octanol–water partition coefficient (Wildman–Crippen LogP) is 5.44. The van der Waals surface area contributed by atoms with Gasteiger partial charge < -0.3 is 4.74 Å². The molecule has 1 heterocycles. The summed E-state index contributed by atoms with van der Waals surface area (Å²) in [6.45, 7) is 6.54. The summed E-state index contributed by atoms with van der Waals surface area (Å²) < 4.78 is 21.6. The van der Waals surface area contributed by atoms with Crippen LogP contribution in [-0.2, 0) is 18.9 Å². The van der Waals surface area contributed by atoms with Gasteiger partial charge in [0.15, 0.2) is 11.0 Å². The topological polar surface area (TPSA) is 39.9 Å². The minimum atomic E-state index is -0.221. The lowest BCUT2D eigenvalue weighted by Gasteiger charge is -2.11. The molecular weight excluding hydrogens is 385 g/mol. The lowest BCUT2D eigenvalue weighted by molar-refractivity contribution is 0.287. The zero-order chi connectivity index (χ0) is 19.2. The van der Waals surface area contributed by atoms with E-state index in [-0.39, 0.29) is 12.4 Å². The molecule has 3 aromatic rings. The maximum absolute atomic E-state index is 13.8. The van der Waals surface area contributed by atoms with Crippen molar-refractivity contribution >= 4 is 23.4 Å². The van der Waals surface area contributed by atoms with Gasteiger partial charge in [-0.15, -0.1) is 16.8 Å². The van der Waals surface area contributed by atoms with Crippen molar-refractivity contribution in [3.8, 4) is 5.75 Å². The summed E-state index contributed by atoms with van der Waals surface area (Å²) in [6.07, 6.45) is 1.77. The second-order valence-electron chi connectivity index (χ2n) is 5.88. The Morgan fingerprint density at radius 2 is 2.07 bits per heavy atom. The van der Waals surface area contributed by atoms with E-state index in [2.05, 4.69) is 16.8 Å². The van der Waals surface area contributed by atoms with Gasteiger partial charge in [-0.3, -0.25) is 4.57 Å². The van der Waals surface area contributed by atoms with Crippen LogP contribution in [0.2, 0.25) is 5.02 Å². The van der Waals surface area contributed by atoms with Gasteiger partial charge in [-0.1, -0.05) is 47.6 Å². The van der Waals surface area contributed by atoms with Gasteiger partial charge in [0.1, 0.15) is 18.2 Å². The van der Waals surface area contributed by atoms with Crippen LogP contribution in [0.15, 0.2) is 60.3 Å². The smallest absolute Gasteiger partial charge is 0.191 e. The van der Waals surface area contributed by atoms with Crippen molar-refractivity contribution in [1.29, 1.82) is 0 Å². The first-order valence-corrected chi connectivity index (χ1v) is 9.73. The van der Waals surface area contributed by atoms with Gasteiger partial charge in [-0.25, -0.2) is 4.39 Å². The minimum Gasteiger partial charge on any atom is -0.485 e. The molecule has 0 saturated heterocycles. The van der Waals surface area contributed by atoms with Crippen LogP contribution in [0.5, 0.6) is 5.75 Å². The molecule has 1 aromatic heterocycles. The van der Waals surface area contributed by atoms with E-state index >= 15 is 0 Å². The Balaban J connectivity index is 1.72. The lowest BCUT2D eigenvalue weighted by atomic mass is 10.2. The molecule has 2 aromatic carbocycles. The Morgan fingerprint density at radius 1 is 1.26 bits per heavy atom. The number of hydrogen-bond acceptors (Lipinski definition) is 4. The van der Waals surface area contributed by atoms with E-state index in [4.69, 9.17) is 16.3 Å². The highest BCUT2D eigenvalue weighted by atomic mass is 35.5. The molecule has 4 nitrogen and oxygen atoms in total. The van der Waals surface area contributed by atoms with E-state index < -0.39 is 0 Å². The molecule has 0 radical (unpaired) electrons. The molecule has 0 atom stereocenters. The van der Waals surface area contributed by atoms with Crippen molar-refractivity contribution in [2.24, 2.45) is 0 Å². The molecule has 0 aliphatic heterocycles. The van der Waals surface area contributed by atoms with E-state index in [1.807, 2.05) is 29.7 Å². The first-order chi connectivity index (χ1) is 13.1. The summed E-state index contributed by atoms with van der Waals surface area (Å²) in [5.74, 6) is 1.67. The van der Waals surface area contributed by atoms with Gasteiger partial charge in [-0.2, -0.15) is 0 Å². The van der Waals surface area contributed by atoms with Gasteiger partial charge in [0.2, 0.25) is 0 Å². The number of allylic oxidation sites excluding steroid dienone is 1. The molecule has 7 heteroatoms. The van der Waals surface area contributed by atoms with Crippen LogP contribution in [0, 0.1) is 12.7 Å². The Labute approximate surface area is 167 Å². The molecule has 0 saturated carbocycles. The largest absolute Gasteiger partial charge is 0.485 e. The van der Waals surface area contributed by atoms with Gasteiger partial charge in [-0.05, 0) is 42.3 Å².